The molecule has 3 aromatic rings. The highest BCUT2D eigenvalue weighted by Crippen LogP contribution is 2.31. The summed E-state index contributed by atoms with van der Waals surface area (Å²) in [6.07, 6.45) is 1.59. The Morgan fingerprint density at radius 2 is 1.63 bits per heavy atom. The van der Waals surface area contributed by atoms with E-state index in [1.165, 1.54) is 5.56 Å². The van der Waals surface area contributed by atoms with Gasteiger partial charge in [-0.15, -0.1) is 5.10 Å². The number of methoxy groups -OCH3 is 2. The normalized spacial score (nSPS) is 10.4. The molecule has 0 fully saturated rings. The molecule has 0 aliphatic carbocycles. The van der Waals surface area contributed by atoms with E-state index in [1.54, 1.807) is 26.5 Å². The lowest BCUT2D eigenvalue weighted by Gasteiger charge is -2.14. The number of anilines is 4. The first-order valence-corrected chi connectivity index (χ1v) is 8.54. The van der Waals surface area contributed by atoms with Crippen LogP contribution in [0.2, 0.25) is 0 Å². The van der Waals surface area contributed by atoms with Crippen LogP contribution < -0.4 is 20.1 Å². The highest BCUT2D eigenvalue weighted by atomic mass is 16.5. The third-order valence-corrected chi connectivity index (χ3v) is 4.14. The summed E-state index contributed by atoms with van der Waals surface area (Å²) in [5.74, 6) is 2.31. The number of ether oxygens (including phenoxy) is 2. The second kappa shape index (κ2) is 7.90. The summed E-state index contributed by atoms with van der Waals surface area (Å²) in [5, 5.41) is 14.6. The molecule has 0 aliphatic rings. The van der Waals surface area contributed by atoms with E-state index in [-0.39, 0.29) is 0 Å². The first-order chi connectivity index (χ1) is 13.0. The Morgan fingerprint density at radius 3 is 2.30 bits per heavy atom. The molecule has 0 bridgehead atoms. The molecule has 2 aromatic carbocycles. The van der Waals surface area contributed by atoms with Gasteiger partial charge < -0.3 is 20.1 Å². The highest BCUT2D eigenvalue weighted by molar-refractivity contribution is 5.67. The summed E-state index contributed by atoms with van der Waals surface area (Å²) in [6, 6.07) is 9.72. The number of hydrogen-bond donors (Lipinski definition) is 2. The Morgan fingerprint density at radius 1 is 0.889 bits per heavy atom. The van der Waals surface area contributed by atoms with Crippen molar-refractivity contribution >= 4 is 23.1 Å². The van der Waals surface area contributed by atoms with E-state index < -0.39 is 0 Å². The van der Waals surface area contributed by atoms with Gasteiger partial charge in [-0.2, -0.15) is 10.1 Å². The van der Waals surface area contributed by atoms with Crippen LogP contribution in [-0.4, -0.2) is 29.4 Å². The second-order valence-corrected chi connectivity index (χ2v) is 6.26. The maximum Gasteiger partial charge on any atom is 0.249 e. The van der Waals surface area contributed by atoms with Crippen molar-refractivity contribution in [3.63, 3.8) is 0 Å². The van der Waals surface area contributed by atoms with Crippen molar-refractivity contribution in [2.75, 3.05) is 24.9 Å². The maximum atomic E-state index is 5.39. The predicted octanol–water partition coefficient (Wildman–Crippen LogP) is 4.30. The van der Waals surface area contributed by atoms with E-state index in [4.69, 9.17) is 9.47 Å². The lowest BCUT2D eigenvalue weighted by molar-refractivity contribution is 0.395. The SMILES string of the molecule is COc1ccc(Nc2nncc(Nc3c(C)cc(C)cc3C)n2)c(OC)c1. The molecule has 0 spiro atoms. The molecule has 0 saturated heterocycles. The quantitative estimate of drug-likeness (QED) is 0.674. The number of nitrogens with one attached hydrogen (secondary N) is 2. The summed E-state index contributed by atoms with van der Waals surface area (Å²) in [4.78, 5) is 4.50. The fourth-order valence-corrected chi connectivity index (χ4v) is 2.94. The molecule has 0 saturated carbocycles. The fraction of sp³-hybridized carbons (Fsp3) is 0.250. The minimum absolute atomic E-state index is 0.367. The molecule has 7 heteroatoms. The van der Waals surface area contributed by atoms with Gasteiger partial charge >= 0.3 is 0 Å². The predicted molar refractivity (Wildman–Crippen MR) is 107 cm³/mol. The van der Waals surface area contributed by atoms with Gasteiger partial charge in [-0.05, 0) is 44.0 Å². The van der Waals surface area contributed by atoms with Gasteiger partial charge in [-0.1, -0.05) is 17.7 Å². The lowest BCUT2D eigenvalue weighted by Crippen LogP contribution is -2.05. The lowest BCUT2D eigenvalue weighted by atomic mass is 10.1. The van der Waals surface area contributed by atoms with E-state index >= 15 is 0 Å². The van der Waals surface area contributed by atoms with E-state index in [9.17, 15) is 0 Å². The zero-order chi connectivity index (χ0) is 19.4. The Balaban J connectivity index is 1.85. The van der Waals surface area contributed by atoms with Crippen LogP contribution in [0.15, 0.2) is 36.5 Å². The minimum atomic E-state index is 0.367. The molecule has 3 rings (SSSR count). The van der Waals surface area contributed by atoms with E-state index in [0.717, 1.165) is 22.5 Å². The number of nitrogens with zero attached hydrogens (tertiary/aromatic N) is 3. The Hall–Kier alpha value is -3.35. The Labute approximate surface area is 158 Å². The van der Waals surface area contributed by atoms with Crippen molar-refractivity contribution in [2.24, 2.45) is 0 Å². The first-order valence-electron chi connectivity index (χ1n) is 8.54. The van der Waals surface area contributed by atoms with E-state index in [1.807, 2.05) is 12.1 Å². The number of aryl methyl sites for hydroxylation is 3. The molecule has 1 aromatic heterocycles. The molecular weight excluding hydrogens is 342 g/mol. The van der Waals surface area contributed by atoms with Gasteiger partial charge in [0.25, 0.3) is 0 Å². The van der Waals surface area contributed by atoms with Crippen LogP contribution in [0.5, 0.6) is 11.5 Å². The first kappa shape index (κ1) is 18.4. The number of hydrogen-bond acceptors (Lipinski definition) is 7. The largest absolute Gasteiger partial charge is 0.497 e. The van der Waals surface area contributed by atoms with Gasteiger partial charge in [0.2, 0.25) is 5.95 Å². The van der Waals surface area contributed by atoms with Crippen molar-refractivity contribution in [1.29, 1.82) is 0 Å². The number of benzene rings is 2. The average molecular weight is 365 g/mol. The number of rotatable bonds is 6. The van der Waals surface area contributed by atoms with Gasteiger partial charge in [0.15, 0.2) is 5.82 Å². The molecule has 27 heavy (non-hydrogen) atoms. The summed E-state index contributed by atoms with van der Waals surface area (Å²) in [5.41, 5.74) is 5.27. The van der Waals surface area contributed by atoms with Crippen molar-refractivity contribution < 1.29 is 9.47 Å². The van der Waals surface area contributed by atoms with Crippen molar-refractivity contribution in [3.05, 3.63) is 53.2 Å². The number of aromatic nitrogens is 3. The van der Waals surface area contributed by atoms with Gasteiger partial charge in [-0.3, -0.25) is 0 Å². The minimum Gasteiger partial charge on any atom is -0.497 e. The molecule has 1 heterocycles. The maximum absolute atomic E-state index is 5.39. The zero-order valence-electron chi connectivity index (χ0n) is 16.1. The van der Waals surface area contributed by atoms with Crippen molar-refractivity contribution in [2.45, 2.75) is 20.8 Å². The van der Waals surface area contributed by atoms with Crippen LogP contribution >= 0.6 is 0 Å². The Kier molecular flexibility index (Phi) is 5.40. The average Bonchev–Trinajstić information content (AvgIpc) is 2.65. The zero-order valence-corrected chi connectivity index (χ0v) is 16.1. The van der Waals surface area contributed by atoms with E-state index in [0.29, 0.717) is 23.3 Å². The van der Waals surface area contributed by atoms with Crippen LogP contribution in [0.25, 0.3) is 0 Å². The van der Waals surface area contributed by atoms with Crippen molar-refractivity contribution in [3.8, 4) is 11.5 Å². The summed E-state index contributed by atoms with van der Waals surface area (Å²) in [6.45, 7) is 6.22. The molecular formula is C20H23N5O2. The molecule has 2 N–H and O–H groups in total. The summed E-state index contributed by atoms with van der Waals surface area (Å²) < 4.78 is 10.6. The van der Waals surface area contributed by atoms with Crippen LogP contribution in [0.4, 0.5) is 23.1 Å². The molecule has 140 valence electrons. The topological polar surface area (TPSA) is 81.2 Å². The van der Waals surface area contributed by atoms with Crippen LogP contribution in [0, 0.1) is 20.8 Å². The molecule has 0 unspecified atom stereocenters. The second-order valence-electron chi connectivity index (χ2n) is 6.26. The van der Waals surface area contributed by atoms with Crippen LogP contribution in [0.3, 0.4) is 0 Å². The fourth-order valence-electron chi connectivity index (χ4n) is 2.94. The summed E-state index contributed by atoms with van der Waals surface area (Å²) in [7, 11) is 3.21. The van der Waals surface area contributed by atoms with Crippen LogP contribution in [0.1, 0.15) is 16.7 Å². The standard InChI is InChI=1S/C20H23N5O2/c1-12-8-13(2)19(14(3)9-12)23-18-11-21-25-20(24-18)22-16-7-6-15(26-4)10-17(16)27-5/h6-11H,1-5H3,(H2,22,23,24,25). The van der Waals surface area contributed by atoms with Gasteiger partial charge in [0.05, 0.1) is 26.1 Å². The smallest absolute Gasteiger partial charge is 0.249 e. The molecule has 0 amide bonds. The van der Waals surface area contributed by atoms with Crippen LogP contribution in [-0.2, 0) is 0 Å². The third-order valence-electron chi connectivity index (χ3n) is 4.14. The van der Waals surface area contributed by atoms with Gasteiger partial charge in [0.1, 0.15) is 11.5 Å². The van der Waals surface area contributed by atoms with Crippen molar-refractivity contribution in [1.82, 2.24) is 15.2 Å². The molecule has 0 aliphatic heterocycles. The summed E-state index contributed by atoms with van der Waals surface area (Å²) >= 11 is 0. The van der Waals surface area contributed by atoms with Gasteiger partial charge in [-0.25, -0.2) is 0 Å². The Bertz CT molecular complexity index is 936. The van der Waals surface area contributed by atoms with Gasteiger partial charge in [0, 0.05) is 11.8 Å². The molecule has 7 nitrogen and oxygen atoms in total. The molecule has 0 atom stereocenters. The van der Waals surface area contributed by atoms with E-state index in [2.05, 4.69) is 58.7 Å². The third kappa shape index (κ3) is 4.25. The monoisotopic (exact) mass is 365 g/mol. The molecule has 0 radical (unpaired) electrons. The highest BCUT2D eigenvalue weighted by Gasteiger charge is 2.10.